The largest absolute Gasteiger partial charge is 0.0786 e. The van der Waals surface area contributed by atoms with Gasteiger partial charge in [0.15, 0.2) is 0 Å². The van der Waals surface area contributed by atoms with Gasteiger partial charge in [0.25, 0.3) is 0 Å². The average molecular weight is 317 g/mol. The summed E-state index contributed by atoms with van der Waals surface area (Å²) >= 11 is 3.90. The number of aryl methyl sites for hydroxylation is 5. The van der Waals surface area contributed by atoms with Gasteiger partial charge in [-0.1, -0.05) is 57.4 Å². The maximum atomic E-state index is 3.90. The highest BCUT2D eigenvalue weighted by molar-refractivity contribution is 9.09. The second kappa shape index (κ2) is 5.50. The molecule has 0 saturated carbocycles. The van der Waals surface area contributed by atoms with Crippen molar-refractivity contribution in [2.75, 3.05) is 0 Å². The summed E-state index contributed by atoms with van der Waals surface area (Å²) in [6.07, 6.45) is 0. The van der Waals surface area contributed by atoms with Gasteiger partial charge in [-0.15, -0.1) is 0 Å². The van der Waals surface area contributed by atoms with E-state index in [-0.39, 0.29) is 4.83 Å². The third-order valence-corrected chi connectivity index (χ3v) is 4.64. The molecule has 1 unspecified atom stereocenters. The predicted octanol–water partition coefficient (Wildman–Crippen LogP) is 5.71. The lowest BCUT2D eigenvalue weighted by Gasteiger charge is -2.19. The molecule has 0 spiro atoms. The highest BCUT2D eigenvalue weighted by Gasteiger charge is 2.17. The predicted molar refractivity (Wildman–Crippen MR) is 87.3 cm³/mol. The number of benzene rings is 2. The molecular formula is C18H21Br. The molecule has 1 heteroatoms. The van der Waals surface area contributed by atoms with Crippen LogP contribution in [0.4, 0.5) is 0 Å². The van der Waals surface area contributed by atoms with Crippen LogP contribution in [0.3, 0.4) is 0 Å². The third kappa shape index (κ3) is 2.92. The van der Waals surface area contributed by atoms with E-state index in [1.165, 1.54) is 38.9 Å². The van der Waals surface area contributed by atoms with Crippen molar-refractivity contribution in [3.05, 3.63) is 69.3 Å². The van der Waals surface area contributed by atoms with Gasteiger partial charge in [0.2, 0.25) is 0 Å². The van der Waals surface area contributed by atoms with Gasteiger partial charge in [0.1, 0.15) is 0 Å². The average Bonchev–Trinajstić information content (AvgIpc) is 2.26. The Morgan fingerprint density at radius 2 is 1.26 bits per heavy atom. The molecule has 0 aliphatic carbocycles. The second-order valence-corrected chi connectivity index (χ2v) is 6.45. The Kier molecular flexibility index (Phi) is 4.15. The summed E-state index contributed by atoms with van der Waals surface area (Å²) in [5.41, 5.74) is 9.48. The smallest absolute Gasteiger partial charge is 0.0652 e. The Labute approximate surface area is 125 Å². The molecule has 0 aromatic heterocycles. The molecule has 2 aromatic carbocycles. The summed E-state index contributed by atoms with van der Waals surface area (Å²) in [7, 11) is 0. The van der Waals surface area contributed by atoms with Crippen LogP contribution < -0.4 is 0 Å². The van der Waals surface area contributed by atoms with E-state index in [4.69, 9.17) is 0 Å². The Balaban J connectivity index is 2.53. The molecule has 0 bridgehead atoms. The van der Waals surface area contributed by atoms with Crippen molar-refractivity contribution in [1.82, 2.24) is 0 Å². The van der Waals surface area contributed by atoms with Crippen LogP contribution in [-0.4, -0.2) is 0 Å². The van der Waals surface area contributed by atoms with Gasteiger partial charge in [-0.25, -0.2) is 0 Å². The normalized spacial score (nSPS) is 12.5. The quantitative estimate of drug-likeness (QED) is 0.622. The lowest BCUT2D eigenvalue weighted by atomic mass is 9.92. The Morgan fingerprint density at radius 3 is 1.79 bits per heavy atom. The second-order valence-electron chi connectivity index (χ2n) is 5.53. The first-order valence-electron chi connectivity index (χ1n) is 6.69. The van der Waals surface area contributed by atoms with Crippen LogP contribution in [0.1, 0.15) is 43.8 Å². The molecule has 0 radical (unpaired) electrons. The molecular weight excluding hydrogens is 296 g/mol. The molecule has 1 atom stereocenters. The van der Waals surface area contributed by atoms with Crippen LogP contribution in [0.5, 0.6) is 0 Å². The van der Waals surface area contributed by atoms with Gasteiger partial charge in [0, 0.05) is 0 Å². The maximum Gasteiger partial charge on any atom is 0.0652 e. The van der Waals surface area contributed by atoms with Gasteiger partial charge < -0.3 is 0 Å². The SMILES string of the molecule is Cc1ccc(C(Br)c2c(C)cc(C)cc2C)c(C)c1. The first kappa shape index (κ1) is 14.3. The molecule has 0 fully saturated rings. The van der Waals surface area contributed by atoms with Crippen LogP contribution in [0.25, 0.3) is 0 Å². The van der Waals surface area contributed by atoms with Crippen LogP contribution in [0.15, 0.2) is 30.3 Å². The fourth-order valence-corrected chi connectivity index (χ4v) is 4.09. The zero-order chi connectivity index (χ0) is 14.2. The number of alkyl halides is 1. The standard InChI is InChI=1S/C18H21Br/c1-11-6-7-16(13(3)8-11)18(19)17-14(4)9-12(2)10-15(17)5/h6-10,18H,1-5H3. The first-order valence-corrected chi connectivity index (χ1v) is 7.60. The summed E-state index contributed by atoms with van der Waals surface area (Å²) in [5.74, 6) is 0. The summed E-state index contributed by atoms with van der Waals surface area (Å²) in [6, 6.07) is 11.2. The van der Waals surface area contributed by atoms with Gasteiger partial charge in [0.05, 0.1) is 4.83 Å². The number of hydrogen-bond donors (Lipinski definition) is 0. The summed E-state index contributed by atoms with van der Waals surface area (Å²) in [6.45, 7) is 10.9. The van der Waals surface area contributed by atoms with Gasteiger partial charge in [-0.3, -0.25) is 0 Å². The lowest BCUT2D eigenvalue weighted by Crippen LogP contribution is -2.02. The van der Waals surface area contributed by atoms with E-state index in [1.54, 1.807) is 0 Å². The molecule has 2 rings (SSSR count). The fourth-order valence-electron chi connectivity index (χ4n) is 2.86. The molecule has 19 heavy (non-hydrogen) atoms. The van der Waals surface area contributed by atoms with Crippen LogP contribution in [0.2, 0.25) is 0 Å². The number of halogens is 1. The first-order chi connectivity index (χ1) is 8.90. The lowest BCUT2D eigenvalue weighted by molar-refractivity contribution is 1.08. The minimum atomic E-state index is 0.272. The van der Waals surface area contributed by atoms with Crippen molar-refractivity contribution in [2.45, 2.75) is 39.4 Å². The summed E-state index contributed by atoms with van der Waals surface area (Å²) < 4.78 is 0. The molecule has 0 aliphatic rings. The molecule has 0 nitrogen and oxygen atoms in total. The zero-order valence-corrected chi connectivity index (χ0v) is 13.9. The molecule has 0 saturated heterocycles. The minimum Gasteiger partial charge on any atom is -0.0786 e. The topological polar surface area (TPSA) is 0 Å². The fraction of sp³-hybridized carbons (Fsp3) is 0.333. The number of rotatable bonds is 2. The zero-order valence-electron chi connectivity index (χ0n) is 12.3. The number of hydrogen-bond acceptors (Lipinski definition) is 0. The van der Waals surface area contributed by atoms with Crippen molar-refractivity contribution < 1.29 is 0 Å². The van der Waals surface area contributed by atoms with Crippen molar-refractivity contribution in [3.8, 4) is 0 Å². The monoisotopic (exact) mass is 316 g/mol. The molecule has 2 aromatic rings. The van der Waals surface area contributed by atoms with Crippen LogP contribution >= 0.6 is 15.9 Å². The van der Waals surface area contributed by atoms with E-state index in [2.05, 4.69) is 80.9 Å². The Hall–Kier alpha value is -1.08. The molecule has 0 N–H and O–H groups in total. The van der Waals surface area contributed by atoms with Crippen molar-refractivity contribution >= 4 is 15.9 Å². The van der Waals surface area contributed by atoms with Crippen LogP contribution in [-0.2, 0) is 0 Å². The molecule has 0 amide bonds. The van der Waals surface area contributed by atoms with Crippen molar-refractivity contribution in [1.29, 1.82) is 0 Å². The van der Waals surface area contributed by atoms with E-state index in [0.29, 0.717) is 0 Å². The van der Waals surface area contributed by atoms with Crippen molar-refractivity contribution in [3.63, 3.8) is 0 Å². The van der Waals surface area contributed by atoms with E-state index in [0.717, 1.165) is 0 Å². The van der Waals surface area contributed by atoms with Gasteiger partial charge >= 0.3 is 0 Å². The van der Waals surface area contributed by atoms with E-state index >= 15 is 0 Å². The van der Waals surface area contributed by atoms with E-state index < -0.39 is 0 Å². The van der Waals surface area contributed by atoms with Gasteiger partial charge in [-0.2, -0.15) is 0 Å². The molecule has 0 aliphatic heterocycles. The highest BCUT2D eigenvalue weighted by Crippen LogP contribution is 2.37. The third-order valence-electron chi connectivity index (χ3n) is 3.69. The molecule has 100 valence electrons. The maximum absolute atomic E-state index is 3.90. The minimum absolute atomic E-state index is 0.272. The molecule has 0 heterocycles. The highest BCUT2D eigenvalue weighted by atomic mass is 79.9. The summed E-state index contributed by atoms with van der Waals surface area (Å²) in [4.78, 5) is 0.272. The Morgan fingerprint density at radius 1 is 0.737 bits per heavy atom. The summed E-state index contributed by atoms with van der Waals surface area (Å²) in [5, 5.41) is 0. The van der Waals surface area contributed by atoms with Crippen molar-refractivity contribution in [2.24, 2.45) is 0 Å². The van der Waals surface area contributed by atoms with E-state index in [9.17, 15) is 0 Å². The Bertz CT molecular complexity index is 588. The van der Waals surface area contributed by atoms with Gasteiger partial charge in [-0.05, 0) is 62.4 Å². The van der Waals surface area contributed by atoms with E-state index in [1.807, 2.05) is 0 Å². The van der Waals surface area contributed by atoms with Crippen LogP contribution in [0, 0.1) is 34.6 Å².